The number of nitrogens with one attached hydrogen (secondary N) is 1. The number of Topliss-reactive ketones (excluding diaryl/α,β-unsaturated/α-hetero) is 1. The van der Waals surface area contributed by atoms with Gasteiger partial charge in [0.05, 0.1) is 11.7 Å². The summed E-state index contributed by atoms with van der Waals surface area (Å²) in [5.74, 6) is -0.663. The standard InChI is InChI=1S/C27H29NO4/c1-4-16(2)32-27(31)24-17(3)28-22-14-20(18-8-6-5-7-9-18)15-23(30)26(22)25(24)19-10-12-21(29)13-11-19/h5-13,16,20,25,28-29H,4,14-15H2,1-3H3/t16-,20+,25-/m1/s1. The minimum absolute atomic E-state index is 0.0343. The highest BCUT2D eigenvalue weighted by atomic mass is 16.5. The second kappa shape index (κ2) is 9.03. The molecule has 0 unspecified atom stereocenters. The minimum atomic E-state index is -0.521. The van der Waals surface area contributed by atoms with Gasteiger partial charge in [0.15, 0.2) is 5.78 Å². The van der Waals surface area contributed by atoms with Crippen LogP contribution in [0, 0.1) is 0 Å². The number of carbonyl (C=O) groups excluding carboxylic acids is 2. The molecule has 5 nitrogen and oxygen atoms in total. The van der Waals surface area contributed by atoms with Gasteiger partial charge in [-0.3, -0.25) is 4.79 Å². The highest BCUT2D eigenvalue weighted by Gasteiger charge is 2.41. The number of carbonyl (C=O) groups is 2. The molecule has 0 amide bonds. The maximum absolute atomic E-state index is 13.5. The summed E-state index contributed by atoms with van der Waals surface area (Å²) in [6.45, 7) is 5.69. The molecule has 2 aromatic carbocycles. The van der Waals surface area contributed by atoms with Crippen LogP contribution < -0.4 is 5.32 Å². The zero-order valence-electron chi connectivity index (χ0n) is 18.7. The molecule has 2 aromatic rings. The van der Waals surface area contributed by atoms with Crippen molar-refractivity contribution in [1.29, 1.82) is 0 Å². The summed E-state index contributed by atoms with van der Waals surface area (Å²) in [6.07, 6.45) is 1.58. The first-order valence-electron chi connectivity index (χ1n) is 11.2. The Morgan fingerprint density at radius 3 is 2.44 bits per heavy atom. The van der Waals surface area contributed by atoms with Gasteiger partial charge in [0.1, 0.15) is 5.75 Å². The van der Waals surface area contributed by atoms with Crippen molar-refractivity contribution in [3.8, 4) is 5.75 Å². The fraction of sp³-hybridized carbons (Fsp3) is 0.333. The summed E-state index contributed by atoms with van der Waals surface area (Å²) in [6, 6.07) is 16.8. The number of dihydropyridines is 1. The fourth-order valence-corrected chi connectivity index (χ4v) is 4.60. The molecule has 0 saturated carbocycles. The lowest BCUT2D eigenvalue weighted by atomic mass is 9.71. The molecule has 1 heterocycles. The summed E-state index contributed by atoms with van der Waals surface area (Å²) in [4.78, 5) is 26.7. The summed E-state index contributed by atoms with van der Waals surface area (Å²) in [7, 11) is 0. The van der Waals surface area contributed by atoms with Gasteiger partial charge >= 0.3 is 5.97 Å². The molecular formula is C27H29NO4. The third-order valence-electron chi connectivity index (χ3n) is 6.43. The van der Waals surface area contributed by atoms with E-state index in [0.717, 1.165) is 16.8 Å². The molecule has 2 N–H and O–H groups in total. The molecule has 2 aliphatic rings. The molecule has 166 valence electrons. The van der Waals surface area contributed by atoms with Crippen molar-refractivity contribution < 1.29 is 19.4 Å². The number of ketones is 1. The number of ether oxygens (including phenoxy) is 1. The van der Waals surface area contributed by atoms with E-state index >= 15 is 0 Å². The van der Waals surface area contributed by atoms with Crippen molar-refractivity contribution in [2.45, 2.75) is 58.0 Å². The van der Waals surface area contributed by atoms with Crippen molar-refractivity contribution in [3.05, 3.63) is 88.3 Å². The average molecular weight is 432 g/mol. The molecule has 0 spiro atoms. The summed E-state index contributed by atoms with van der Waals surface area (Å²) < 4.78 is 5.67. The molecule has 5 heteroatoms. The van der Waals surface area contributed by atoms with E-state index in [1.54, 1.807) is 24.3 Å². The Hall–Kier alpha value is -3.34. The van der Waals surface area contributed by atoms with E-state index in [0.29, 0.717) is 36.1 Å². The lowest BCUT2D eigenvalue weighted by Gasteiger charge is -2.37. The molecule has 32 heavy (non-hydrogen) atoms. The molecule has 0 bridgehead atoms. The maximum Gasteiger partial charge on any atom is 0.337 e. The summed E-state index contributed by atoms with van der Waals surface area (Å²) >= 11 is 0. The molecule has 0 fully saturated rings. The molecule has 0 saturated heterocycles. The van der Waals surface area contributed by atoms with Gasteiger partial charge in [-0.2, -0.15) is 0 Å². The molecule has 0 radical (unpaired) electrons. The van der Waals surface area contributed by atoms with E-state index in [9.17, 15) is 14.7 Å². The zero-order chi connectivity index (χ0) is 22.8. The summed E-state index contributed by atoms with van der Waals surface area (Å²) in [5.41, 5.74) is 4.59. The van der Waals surface area contributed by atoms with Crippen LogP contribution in [-0.4, -0.2) is 23.0 Å². The number of rotatable bonds is 5. The van der Waals surface area contributed by atoms with Crippen LogP contribution in [0.1, 0.15) is 63.0 Å². The van der Waals surface area contributed by atoms with Crippen LogP contribution in [-0.2, 0) is 14.3 Å². The monoisotopic (exact) mass is 431 g/mol. The van der Waals surface area contributed by atoms with Crippen molar-refractivity contribution in [3.63, 3.8) is 0 Å². The predicted octanol–water partition coefficient (Wildman–Crippen LogP) is 5.10. The summed E-state index contributed by atoms with van der Waals surface area (Å²) in [5, 5.41) is 13.2. The van der Waals surface area contributed by atoms with Gasteiger partial charge in [-0.15, -0.1) is 0 Å². The van der Waals surface area contributed by atoms with E-state index in [1.165, 1.54) is 0 Å². The van der Waals surface area contributed by atoms with Gasteiger partial charge in [0.25, 0.3) is 0 Å². The van der Waals surface area contributed by atoms with Crippen LogP contribution in [0.25, 0.3) is 0 Å². The Bertz CT molecular complexity index is 1080. The topological polar surface area (TPSA) is 75.6 Å². The van der Waals surface area contributed by atoms with Crippen LogP contribution in [0.5, 0.6) is 5.75 Å². The highest BCUT2D eigenvalue weighted by Crippen LogP contribution is 2.45. The molecule has 1 aliphatic heterocycles. The maximum atomic E-state index is 13.5. The number of hydrogen-bond acceptors (Lipinski definition) is 5. The highest BCUT2D eigenvalue weighted by molar-refractivity contribution is 6.04. The van der Waals surface area contributed by atoms with Gasteiger partial charge < -0.3 is 15.2 Å². The second-order valence-electron chi connectivity index (χ2n) is 8.64. The first kappa shape index (κ1) is 21.9. The Labute approximate surface area is 188 Å². The normalized spacial score (nSPS) is 21.7. The van der Waals surface area contributed by atoms with Crippen LogP contribution >= 0.6 is 0 Å². The van der Waals surface area contributed by atoms with E-state index in [-0.39, 0.29) is 23.6 Å². The quantitative estimate of drug-likeness (QED) is 0.645. The molecular weight excluding hydrogens is 402 g/mol. The number of hydrogen-bond donors (Lipinski definition) is 2. The van der Waals surface area contributed by atoms with E-state index < -0.39 is 11.9 Å². The average Bonchev–Trinajstić information content (AvgIpc) is 2.79. The van der Waals surface area contributed by atoms with Crippen molar-refractivity contribution in [2.24, 2.45) is 0 Å². The first-order valence-corrected chi connectivity index (χ1v) is 11.2. The Balaban J connectivity index is 1.78. The van der Waals surface area contributed by atoms with Gasteiger partial charge in [-0.05, 0) is 55.9 Å². The van der Waals surface area contributed by atoms with E-state index in [2.05, 4.69) is 17.4 Å². The minimum Gasteiger partial charge on any atom is -0.508 e. The van der Waals surface area contributed by atoms with Crippen LogP contribution in [0.15, 0.2) is 77.1 Å². The predicted molar refractivity (Wildman–Crippen MR) is 123 cm³/mol. The lowest BCUT2D eigenvalue weighted by molar-refractivity contribution is -0.144. The van der Waals surface area contributed by atoms with Gasteiger partial charge in [0.2, 0.25) is 0 Å². The third kappa shape index (κ3) is 4.20. The Kier molecular flexibility index (Phi) is 6.17. The molecule has 4 rings (SSSR count). The van der Waals surface area contributed by atoms with Gasteiger partial charge in [-0.25, -0.2) is 4.79 Å². The zero-order valence-corrected chi connectivity index (χ0v) is 18.7. The number of aromatic hydroxyl groups is 1. The molecule has 1 aliphatic carbocycles. The van der Waals surface area contributed by atoms with Crippen LogP contribution in [0.4, 0.5) is 0 Å². The second-order valence-corrected chi connectivity index (χ2v) is 8.64. The first-order chi connectivity index (χ1) is 15.4. The number of benzene rings is 2. The van der Waals surface area contributed by atoms with Crippen LogP contribution in [0.3, 0.4) is 0 Å². The third-order valence-corrected chi connectivity index (χ3v) is 6.43. The van der Waals surface area contributed by atoms with Crippen molar-refractivity contribution in [2.75, 3.05) is 0 Å². The van der Waals surface area contributed by atoms with Gasteiger partial charge in [0, 0.05) is 29.3 Å². The molecule has 0 aromatic heterocycles. The smallest absolute Gasteiger partial charge is 0.337 e. The lowest BCUT2D eigenvalue weighted by Crippen LogP contribution is -2.36. The fourth-order valence-electron chi connectivity index (χ4n) is 4.60. The number of allylic oxidation sites excluding steroid dienone is 3. The van der Waals surface area contributed by atoms with E-state index in [1.807, 2.05) is 39.0 Å². The number of phenolic OH excluding ortho intramolecular Hbond substituents is 1. The Morgan fingerprint density at radius 1 is 1.09 bits per heavy atom. The molecule has 3 atom stereocenters. The van der Waals surface area contributed by atoms with Crippen LogP contribution in [0.2, 0.25) is 0 Å². The van der Waals surface area contributed by atoms with Crippen molar-refractivity contribution in [1.82, 2.24) is 5.32 Å². The van der Waals surface area contributed by atoms with Crippen molar-refractivity contribution >= 4 is 11.8 Å². The van der Waals surface area contributed by atoms with Gasteiger partial charge in [-0.1, -0.05) is 49.4 Å². The number of esters is 1. The number of phenols is 1. The largest absolute Gasteiger partial charge is 0.508 e. The van der Waals surface area contributed by atoms with E-state index in [4.69, 9.17) is 4.74 Å². The SMILES string of the molecule is CC[C@@H](C)OC(=O)C1=C(C)NC2=C(C(=O)C[C@@H](c3ccccc3)C2)[C@@H]1c1ccc(O)cc1. The Morgan fingerprint density at radius 2 is 1.78 bits per heavy atom.